The molecular weight excluding hydrogens is 252 g/mol. The molecule has 1 atom stereocenters. The summed E-state index contributed by atoms with van der Waals surface area (Å²) in [4.78, 5) is 14.7. The van der Waals surface area contributed by atoms with Gasteiger partial charge in [0.1, 0.15) is 0 Å². The van der Waals surface area contributed by atoms with Gasteiger partial charge in [0.25, 0.3) is 0 Å². The number of hydrogen-bond acceptors (Lipinski definition) is 3. The molecule has 0 spiro atoms. The molecule has 0 bridgehead atoms. The maximum absolute atomic E-state index is 12.8. The van der Waals surface area contributed by atoms with Crippen LogP contribution in [0.4, 0.5) is 5.69 Å². The van der Waals surface area contributed by atoms with E-state index in [0.717, 1.165) is 17.8 Å². The van der Waals surface area contributed by atoms with Crippen molar-refractivity contribution >= 4 is 11.6 Å². The maximum atomic E-state index is 12.8. The number of fused-ring (bicyclic) bond motifs is 1. The normalized spacial score (nSPS) is 16.9. The Hall–Kier alpha value is -1.55. The van der Waals surface area contributed by atoms with Gasteiger partial charge in [-0.2, -0.15) is 0 Å². The molecule has 1 amide bonds. The molecule has 1 aromatic carbocycles. The van der Waals surface area contributed by atoms with Crippen LogP contribution in [0.25, 0.3) is 0 Å². The highest BCUT2D eigenvalue weighted by atomic mass is 16.5. The summed E-state index contributed by atoms with van der Waals surface area (Å²) < 4.78 is 5.13. The van der Waals surface area contributed by atoms with Crippen molar-refractivity contribution < 1.29 is 9.53 Å². The minimum atomic E-state index is -0.0678. The Labute approximate surface area is 121 Å². The average Bonchev–Trinajstić information content (AvgIpc) is 2.86. The molecule has 0 fully saturated rings. The third-order valence-corrected chi connectivity index (χ3v) is 3.59. The van der Waals surface area contributed by atoms with Crippen molar-refractivity contribution in [2.24, 2.45) is 5.92 Å². The number of nitrogens with one attached hydrogen (secondary N) is 1. The van der Waals surface area contributed by atoms with Crippen LogP contribution in [0.2, 0.25) is 0 Å². The zero-order valence-corrected chi connectivity index (χ0v) is 12.6. The number of para-hydroxylation sites is 1. The molecule has 1 aliphatic heterocycles. The molecule has 2 rings (SSSR count). The molecule has 1 N–H and O–H groups in total. The molecule has 1 heterocycles. The lowest BCUT2D eigenvalue weighted by Gasteiger charge is -2.27. The molecule has 0 saturated carbocycles. The summed E-state index contributed by atoms with van der Waals surface area (Å²) in [5, 5.41) is 3.32. The van der Waals surface area contributed by atoms with Crippen LogP contribution in [0.5, 0.6) is 0 Å². The van der Waals surface area contributed by atoms with Crippen molar-refractivity contribution in [3.8, 4) is 0 Å². The summed E-state index contributed by atoms with van der Waals surface area (Å²) in [5.74, 6) is 0.593. The molecule has 4 heteroatoms. The predicted molar refractivity (Wildman–Crippen MR) is 81.0 cm³/mol. The van der Waals surface area contributed by atoms with Crippen LogP contribution in [0.3, 0.4) is 0 Å². The highest BCUT2D eigenvalue weighted by Crippen LogP contribution is 2.32. The molecule has 0 aromatic heterocycles. The molecule has 1 unspecified atom stereocenters. The number of anilines is 1. The highest BCUT2D eigenvalue weighted by Gasteiger charge is 2.31. The molecule has 1 aliphatic rings. The molecule has 4 nitrogen and oxygen atoms in total. The van der Waals surface area contributed by atoms with E-state index in [-0.39, 0.29) is 11.8 Å². The van der Waals surface area contributed by atoms with Gasteiger partial charge in [0, 0.05) is 32.4 Å². The predicted octanol–water partition coefficient (Wildman–Crippen LogP) is 2.33. The third kappa shape index (κ3) is 3.31. The standard InChI is InChI=1S/C16H24N2O2/c1-12(2)11-18(8-9-20-3)16(19)14-10-17-15-7-5-4-6-13(14)15/h4-7,12,14,17H,8-11H2,1-3H3. The summed E-state index contributed by atoms with van der Waals surface area (Å²) in [7, 11) is 1.67. The van der Waals surface area contributed by atoms with Crippen LogP contribution in [0.1, 0.15) is 25.3 Å². The number of carbonyl (C=O) groups is 1. The highest BCUT2D eigenvalue weighted by molar-refractivity contribution is 5.88. The number of ether oxygens (including phenoxy) is 1. The Morgan fingerprint density at radius 3 is 2.90 bits per heavy atom. The summed E-state index contributed by atoms with van der Waals surface area (Å²) in [6.45, 7) is 6.98. The minimum absolute atomic E-state index is 0.0678. The van der Waals surface area contributed by atoms with E-state index in [1.165, 1.54) is 0 Å². The van der Waals surface area contributed by atoms with Crippen LogP contribution < -0.4 is 5.32 Å². The number of nitrogens with zero attached hydrogens (tertiary/aromatic N) is 1. The van der Waals surface area contributed by atoms with Gasteiger partial charge >= 0.3 is 0 Å². The number of benzene rings is 1. The van der Waals surface area contributed by atoms with Crippen molar-refractivity contribution in [1.82, 2.24) is 4.90 Å². The van der Waals surface area contributed by atoms with Crippen LogP contribution in [0.15, 0.2) is 24.3 Å². The van der Waals surface area contributed by atoms with Gasteiger partial charge in [0.05, 0.1) is 12.5 Å². The Kier molecular flexibility index (Phi) is 5.01. The number of methoxy groups -OCH3 is 1. The fourth-order valence-electron chi connectivity index (χ4n) is 2.66. The van der Waals surface area contributed by atoms with E-state index in [0.29, 0.717) is 25.6 Å². The van der Waals surface area contributed by atoms with E-state index >= 15 is 0 Å². The van der Waals surface area contributed by atoms with Gasteiger partial charge in [-0.3, -0.25) is 4.79 Å². The largest absolute Gasteiger partial charge is 0.384 e. The van der Waals surface area contributed by atoms with Crippen molar-refractivity contribution in [2.75, 3.05) is 38.7 Å². The molecule has 20 heavy (non-hydrogen) atoms. The first-order chi connectivity index (χ1) is 9.63. The average molecular weight is 276 g/mol. The van der Waals surface area contributed by atoms with Gasteiger partial charge < -0.3 is 15.0 Å². The summed E-state index contributed by atoms with van der Waals surface area (Å²) in [6.07, 6.45) is 0. The van der Waals surface area contributed by atoms with Gasteiger partial charge in [-0.1, -0.05) is 32.0 Å². The zero-order chi connectivity index (χ0) is 14.5. The first-order valence-corrected chi connectivity index (χ1v) is 7.24. The third-order valence-electron chi connectivity index (χ3n) is 3.59. The van der Waals surface area contributed by atoms with Crippen molar-refractivity contribution in [2.45, 2.75) is 19.8 Å². The maximum Gasteiger partial charge on any atom is 0.232 e. The van der Waals surface area contributed by atoms with Crippen LogP contribution in [-0.4, -0.2) is 44.2 Å². The second kappa shape index (κ2) is 6.75. The fraction of sp³-hybridized carbons (Fsp3) is 0.562. The van der Waals surface area contributed by atoms with E-state index in [1.807, 2.05) is 29.2 Å². The monoisotopic (exact) mass is 276 g/mol. The number of hydrogen-bond donors (Lipinski definition) is 1. The van der Waals surface area contributed by atoms with E-state index in [1.54, 1.807) is 7.11 Å². The smallest absolute Gasteiger partial charge is 0.232 e. The summed E-state index contributed by atoms with van der Waals surface area (Å²) >= 11 is 0. The Morgan fingerprint density at radius 2 is 2.20 bits per heavy atom. The number of carbonyl (C=O) groups excluding carboxylic acids is 1. The van der Waals surface area contributed by atoms with Gasteiger partial charge in [-0.15, -0.1) is 0 Å². The lowest BCUT2D eigenvalue weighted by atomic mass is 9.99. The second-order valence-corrected chi connectivity index (χ2v) is 5.69. The molecule has 0 aliphatic carbocycles. The van der Waals surface area contributed by atoms with E-state index in [2.05, 4.69) is 19.2 Å². The molecule has 0 radical (unpaired) electrons. The van der Waals surface area contributed by atoms with Crippen molar-refractivity contribution in [3.63, 3.8) is 0 Å². The van der Waals surface area contributed by atoms with E-state index < -0.39 is 0 Å². The van der Waals surface area contributed by atoms with Gasteiger partial charge in [-0.05, 0) is 17.5 Å². The Bertz CT molecular complexity index is 460. The molecule has 110 valence electrons. The van der Waals surface area contributed by atoms with Crippen LogP contribution in [-0.2, 0) is 9.53 Å². The fourth-order valence-corrected chi connectivity index (χ4v) is 2.66. The van der Waals surface area contributed by atoms with Gasteiger partial charge in [0.15, 0.2) is 0 Å². The van der Waals surface area contributed by atoms with Gasteiger partial charge in [-0.25, -0.2) is 0 Å². The molecule has 1 aromatic rings. The van der Waals surface area contributed by atoms with E-state index in [9.17, 15) is 4.79 Å². The zero-order valence-electron chi connectivity index (χ0n) is 12.6. The first kappa shape index (κ1) is 14.9. The van der Waals surface area contributed by atoms with Crippen LogP contribution in [0, 0.1) is 5.92 Å². The quantitative estimate of drug-likeness (QED) is 0.867. The number of amides is 1. The van der Waals surface area contributed by atoms with Gasteiger partial charge in [0.2, 0.25) is 5.91 Å². The lowest BCUT2D eigenvalue weighted by molar-refractivity contribution is -0.133. The molecular formula is C16H24N2O2. The SMILES string of the molecule is COCCN(CC(C)C)C(=O)C1CNc2ccccc21. The number of rotatable bonds is 6. The first-order valence-electron chi connectivity index (χ1n) is 7.24. The summed E-state index contributed by atoms with van der Waals surface area (Å²) in [6, 6.07) is 8.07. The topological polar surface area (TPSA) is 41.6 Å². The minimum Gasteiger partial charge on any atom is -0.384 e. The molecule has 0 saturated heterocycles. The van der Waals surface area contributed by atoms with Crippen molar-refractivity contribution in [3.05, 3.63) is 29.8 Å². The lowest BCUT2D eigenvalue weighted by Crippen LogP contribution is -2.40. The second-order valence-electron chi connectivity index (χ2n) is 5.69. The Morgan fingerprint density at radius 1 is 1.45 bits per heavy atom. The summed E-state index contributed by atoms with van der Waals surface area (Å²) in [5.41, 5.74) is 2.20. The van der Waals surface area contributed by atoms with E-state index in [4.69, 9.17) is 4.74 Å². The van der Waals surface area contributed by atoms with Crippen LogP contribution >= 0.6 is 0 Å². The van der Waals surface area contributed by atoms with Crippen molar-refractivity contribution in [1.29, 1.82) is 0 Å². The Balaban J connectivity index is 2.11.